The van der Waals surface area contributed by atoms with Gasteiger partial charge in [0.05, 0.1) is 11.3 Å². The van der Waals surface area contributed by atoms with Crippen LogP contribution < -0.4 is 0 Å². The van der Waals surface area contributed by atoms with Crippen molar-refractivity contribution in [1.82, 2.24) is 4.98 Å². The molecule has 0 N–H and O–H groups in total. The molecule has 0 amide bonds. The van der Waals surface area contributed by atoms with Gasteiger partial charge in [0.1, 0.15) is 0 Å². The maximum Gasteiger partial charge on any atom is 0.196 e. The largest absolute Gasteiger partial charge is 0.288 e. The maximum absolute atomic E-state index is 12.6. The van der Waals surface area contributed by atoms with Crippen molar-refractivity contribution in [1.29, 1.82) is 0 Å². The van der Waals surface area contributed by atoms with Gasteiger partial charge < -0.3 is 0 Å². The first-order valence-electron chi connectivity index (χ1n) is 6.55. The molecule has 3 aromatic rings. The van der Waals surface area contributed by atoms with E-state index in [1.54, 1.807) is 6.20 Å². The molecule has 94 valence electrons. The van der Waals surface area contributed by atoms with E-state index in [1.165, 1.54) is 0 Å². The Morgan fingerprint density at radius 2 is 1.40 bits per heavy atom. The molecule has 0 aliphatic heterocycles. The smallest absolute Gasteiger partial charge is 0.196 e. The first kappa shape index (κ1) is 11.1. The van der Waals surface area contributed by atoms with Gasteiger partial charge in [-0.1, -0.05) is 54.6 Å². The van der Waals surface area contributed by atoms with Crippen LogP contribution >= 0.6 is 0 Å². The van der Waals surface area contributed by atoms with Gasteiger partial charge in [0.2, 0.25) is 0 Å². The summed E-state index contributed by atoms with van der Waals surface area (Å²) in [5.74, 6) is 0.0718. The van der Waals surface area contributed by atoms with E-state index in [0.29, 0.717) is 0 Å². The van der Waals surface area contributed by atoms with Gasteiger partial charge in [0.25, 0.3) is 0 Å². The number of pyridine rings is 1. The van der Waals surface area contributed by atoms with E-state index in [9.17, 15) is 4.79 Å². The first-order chi connectivity index (χ1) is 9.86. The fourth-order valence-electron chi connectivity index (χ4n) is 2.78. The third-order valence-electron chi connectivity index (χ3n) is 3.69. The number of ketones is 1. The molecule has 0 saturated carbocycles. The highest BCUT2D eigenvalue weighted by Crippen LogP contribution is 2.40. The van der Waals surface area contributed by atoms with Crippen molar-refractivity contribution in [2.75, 3.05) is 0 Å². The zero-order valence-corrected chi connectivity index (χ0v) is 10.7. The van der Waals surface area contributed by atoms with Crippen LogP contribution in [0.4, 0.5) is 0 Å². The number of aromatic nitrogens is 1. The van der Waals surface area contributed by atoms with Crippen LogP contribution in [0.3, 0.4) is 0 Å². The highest BCUT2D eigenvalue weighted by Gasteiger charge is 2.29. The molecular formula is C18H11NO. The molecule has 0 bridgehead atoms. The van der Waals surface area contributed by atoms with E-state index in [-0.39, 0.29) is 5.78 Å². The van der Waals surface area contributed by atoms with Gasteiger partial charge in [0.15, 0.2) is 5.78 Å². The lowest BCUT2D eigenvalue weighted by Crippen LogP contribution is -1.99. The number of carbonyl (C=O) groups is 1. The Labute approximate surface area is 116 Å². The molecular weight excluding hydrogens is 246 g/mol. The minimum Gasteiger partial charge on any atom is -0.288 e. The summed E-state index contributed by atoms with van der Waals surface area (Å²) in [5, 5.41) is 0. The van der Waals surface area contributed by atoms with Gasteiger partial charge in [0, 0.05) is 17.3 Å². The van der Waals surface area contributed by atoms with Crippen molar-refractivity contribution in [3.63, 3.8) is 0 Å². The molecule has 2 nitrogen and oxygen atoms in total. The van der Waals surface area contributed by atoms with Gasteiger partial charge in [-0.05, 0) is 17.2 Å². The van der Waals surface area contributed by atoms with Crippen LogP contribution in [0.15, 0.2) is 66.9 Å². The highest BCUT2D eigenvalue weighted by molar-refractivity contribution is 6.24. The van der Waals surface area contributed by atoms with Gasteiger partial charge in [-0.25, -0.2) is 0 Å². The summed E-state index contributed by atoms with van der Waals surface area (Å²) >= 11 is 0. The second-order valence-corrected chi connectivity index (χ2v) is 4.82. The third kappa shape index (κ3) is 1.45. The van der Waals surface area contributed by atoms with Crippen LogP contribution in [0.25, 0.3) is 22.4 Å². The number of benzene rings is 2. The minimum atomic E-state index is 0.0718. The molecule has 0 radical (unpaired) electrons. The van der Waals surface area contributed by atoms with Crippen molar-refractivity contribution >= 4 is 5.78 Å². The Kier molecular flexibility index (Phi) is 2.30. The lowest BCUT2D eigenvalue weighted by atomic mass is 10.0. The molecule has 20 heavy (non-hydrogen) atoms. The van der Waals surface area contributed by atoms with E-state index in [4.69, 9.17) is 0 Å². The van der Waals surface area contributed by atoms with Crippen molar-refractivity contribution < 1.29 is 4.79 Å². The third-order valence-corrected chi connectivity index (χ3v) is 3.69. The molecule has 2 heteroatoms. The van der Waals surface area contributed by atoms with Gasteiger partial charge >= 0.3 is 0 Å². The number of hydrogen-bond acceptors (Lipinski definition) is 2. The monoisotopic (exact) mass is 257 g/mol. The summed E-state index contributed by atoms with van der Waals surface area (Å²) in [6.07, 6.45) is 1.77. The molecule has 1 aliphatic carbocycles. The zero-order valence-electron chi connectivity index (χ0n) is 10.7. The fourth-order valence-corrected chi connectivity index (χ4v) is 2.78. The average Bonchev–Trinajstić information content (AvgIpc) is 2.82. The van der Waals surface area contributed by atoms with E-state index in [0.717, 1.165) is 33.5 Å². The quantitative estimate of drug-likeness (QED) is 0.516. The van der Waals surface area contributed by atoms with Crippen molar-refractivity contribution in [2.24, 2.45) is 0 Å². The van der Waals surface area contributed by atoms with Crippen LogP contribution in [-0.4, -0.2) is 10.8 Å². The predicted molar refractivity (Wildman–Crippen MR) is 78.5 cm³/mol. The molecule has 1 aromatic heterocycles. The predicted octanol–water partition coefficient (Wildman–Crippen LogP) is 3.96. The summed E-state index contributed by atoms with van der Waals surface area (Å²) < 4.78 is 0. The standard InChI is InChI=1S/C18H11NO/c20-18-15-9-5-4-8-13(15)14-10-11-19-17(16(14)18)12-6-2-1-3-7-12/h1-11H. The number of fused-ring (bicyclic) bond motifs is 3. The topological polar surface area (TPSA) is 30.0 Å². The van der Waals surface area contributed by atoms with Crippen LogP contribution in [0.2, 0.25) is 0 Å². The van der Waals surface area contributed by atoms with E-state index in [2.05, 4.69) is 4.98 Å². The molecule has 2 aromatic carbocycles. The Balaban J connectivity index is 2.03. The summed E-state index contributed by atoms with van der Waals surface area (Å²) in [4.78, 5) is 17.1. The lowest BCUT2D eigenvalue weighted by molar-refractivity contribution is 0.104. The van der Waals surface area contributed by atoms with E-state index in [1.807, 2.05) is 60.7 Å². The Hall–Kier alpha value is -2.74. The van der Waals surface area contributed by atoms with Crippen molar-refractivity contribution in [2.45, 2.75) is 0 Å². The number of hydrogen-bond donors (Lipinski definition) is 0. The Morgan fingerprint density at radius 3 is 2.20 bits per heavy atom. The molecule has 1 aliphatic rings. The SMILES string of the molecule is O=C1c2ccccc2-c2ccnc(-c3ccccc3)c21. The Bertz CT molecular complexity index is 822. The van der Waals surface area contributed by atoms with Crippen molar-refractivity contribution in [3.8, 4) is 22.4 Å². The van der Waals surface area contributed by atoms with Crippen LogP contribution in [-0.2, 0) is 0 Å². The molecule has 0 unspecified atom stereocenters. The zero-order chi connectivity index (χ0) is 13.5. The number of carbonyl (C=O) groups excluding carboxylic acids is 1. The second-order valence-electron chi connectivity index (χ2n) is 4.82. The summed E-state index contributed by atoms with van der Waals surface area (Å²) in [6, 6.07) is 19.5. The highest BCUT2D eigenvalue weighted by atomic mass is 16.1. The van der Waals surface area contributed by atoms with E-state index < -0.39 is 0 Å². The molecule has 0 spiro atoms. The van der Waals surface area contributed by atoms with Gasteiger partial charge in [-0.3, -0.25) is 9.78 Å². The summed E-state index contributed by atoms with van der Waals surface area (Å²) in [7, 11) is 0. The van der Waals surface area contributed by atoms with Crippen LogP contribution in [0.1, 0.15) is 15.9 Å². The molecule has 4 rings (SSSR count). The second kappa shape index (κ2) is 4.14. The van der Waals surface area contributed by atoms with Crippen molar-refractivity contribution in [3.05, 3.63) is 78.0 Å². The summed E-state index contributed by atoms with van der Waals surface area (Å²) in [6.45, 7) is 0. The Morgan fingerprint density at radius 1 is 0.700 bits per heavy atom. The molecule has 0 atom stereocenters. The molecule has 0 fully saturated rings. The average molecular weight is 257 g/mol. The first-order valence-corrected chi connectivity index (χ1v) is 6.55. The van der Waals surface area contributed by atoms with Crippen LogP contribution in [0.5, 0.6) is 0 Å². The number of nitrogens with zero attached hydrogens (tertiary/aromatic N) is 1. The fraction of sp³-hybridized carbons (Fsp3) is 0. The van der Waals surface area contributed by atoms with Gasteiger partial charge in [-0.2, -0.15) is 0 Å². The van der Waals surface area contributed by atoms with Gasteiger partial charge in [-0.15, -0.1) is 0 Å². The number of rotatable bonds is 1. The summed E-state index contributed by atoms with van der Waals surface area (Å²) in [5.41, 5.74) is 5.23. The van der Waals surface area contributed by atoms with E-state index >= 15 is 0 Å². The minimum absolute atomic E-state index is 0.0718. The lowest BCUT2D eigenvalue weighted by Gasteiger charge is -2.06. The van der Waals surface area contributed by atoms with Crippen LogP contribution in [0, 0.1) is 0 Å². The molecule has 0 saturated heterocycles. The molecule has 1 heterocycles. The normalized spacial score (nSPS) is 12.1. The maximum atomic E-state index is 12.6.